The summed E-state index contributed by atoms with van der Waals surface area (Å²) < 4.78 is 10.8. The van der Waals surface area contributed by atoms with Crippen molar-refractivity contribution in [2.45, 2.75) is 13.0 Å². The van der Waals surface area contributed by atoms with Crippen LogP contribution in [0.4, 0.5) is 0 Å². The Balaban J connectivity index is 1.69. The summed E-state index contributed by atoms with van der Waals surface area (Å²) in [6.07, 6.45) is 0. The van der Waals surface area contributed by atoms with Crippen LogP contribution in [0.5, 0.6) is 11.5 Å². The highest BCUT2D eigenvalue weighted by atomic mass is 16.5. The average molecular weight is 398 g/mol. The van der Waals surface area contributed by atoms with E-state index in [9.17, 15) is 14.7 Å². The maximum absolute atomic E-state index is 12.9. The van der Waals surface area contributed by atoms with Gasteiger partial charge in [-0.05, 0) is 25.1 Å². The molecule has 2 aromatic rings. The summed E-state index contributed by atoms with van der Waals surface area (Å²) in [6, 6.07) is 12.2. The first-order valence-corrected chi connectivity index (χ1v) is 9.53. The second-order valence-electron chi connectivity index (χ2n) is 6.96. The lowest BCUT2D eigenvalue weighted by molar-refractivity contribution is 0.0567. The molecule has 0 aliphatic carbocycles. The third-order valence-corrected chi connectivity index (χ3v) is 5.43. The molecule has 1 aliphatic rings. The number of rotatable bonds is 6. The minimum absolute atomic E-state index is 0.0382. The molecule has 1 atom stereocenters. The van der Waals surface area contributed by atoms with Crippen LogP contribution >= 0.6 is 0 Å². The number of hydrogen-bond donors (Lipinski definition) is 1. The Morgan fingerprint density at radius 2 is 1.62 bits per heavy atom. The highest BCUT2D eigenvalue weighted by Gasteiger charge is 2.28. The topological polar surface area (TPSA) is 79.3 Å². The van der Waals surface area contributed by atoms with Gasteiger partial charge in [-0.3, -0.25) is 9.69 Å². The quantitative estimate of drug-likeness (QED) is 0.806. The lowest BCUT2D eigenvalue weighted by Crippen LogP contribution is -2.49. The fourth-order valence-corrected chi connectivity index (χ4v) is 3.70. The molecule has 1 fully saturated rings. The molecule has 0 saturated carbocycles. The number of benzene rings is 2. The molecule has 7 heteroatoms. The van der Waals surface area contributed by atoms with Gasteiger partial charge in [0.25, 0.3) is 5.91 Å². The third kappa shape index (κ3) is 4.35. The van der Waals surface area contributed by atoms with Gasteiger partial charge in [0.2, 0.25) is 0 Å². The first-order chi connectivity index (χ1) is 14.0. The van der Waals surface area contributed by atoms with Crippen molar-refractivity contribution in [2.75, 3.05) is 40.4 Å². The number of hydrogen-bond acceptors (Lipinski definition) is 5. The molecule has 7 nitrogen and oxygen atoms in total. The minimum Gasteiger partial charge on any atom is -0.497 e. The second kappa shape index (κ2) is 8.96. The van der Waals surface area contributed by atoms with E-state index >= 15 is 0 Å². The smallest absolute Gasteiger partial charge is 0.336 e. The number of ether oxygens (including phenoxy) is 2. The summed E-state index contributed by atoms with van der Waals surface area (Å²) in [5.41, 5.74) is 1.33. The van der Waals surface area contributed by atoms with Crippen molar-refractivity contribution in [1.82, 2.24) is 9.80 Å². The molecule has 2 aromatic carbocycles. The van der Waals surface area contributed by atoms with Crippen molar-refractivity contribution in [2.24, 2.45) is 0 Å². The largest absolute Gasteiger partial charge is 0.497 e. The highest BCUT2D eigenvalue weighted by Crippen LogP contribution is 2.33. The van der Waals surface area contributed by atoms with Crippen LogP contribution in [-0.2, 0) is 0 Å². The molecule has 29 heavy (non-hydrogen) atoms. The van der Waals surface area contributed by atoms with E-state index in [2.05, 4.69) is 11.8 Å². The summed E-state index contributed by atoms with van der Waals surface area (Å²) >= 11 is 0. The van der Waals surface area contributed by atoms with Crippen molar-refractivity contribution in [3.8, 4) is 11.5 Å². The first-order valence-electron chi connectivity index (χ1n) is 9.53. The first kappa shape index (κ1) is 20.7. The number of amides is 1. The molecule has 1 N–H and O–H groups in total. The zero-order chi connectivity index (χ0) is 21.0. The molecule has 0 bridgehead atoms. The highest BCUT2D eigenvalue weighted by molar-refractivity contribution is 6.04. The van der Waals surface area contributed by atoms with Crippen LogP contribution in [0, 0.1) is 0 Å². The van der Waals surface area contributed by atoms with Crippen LogP contribution in [-0.4, -0.2) is 67.2 Å². The predicted molar refractivity (Wildman–Crippen MR) is 109 cm³/mol. The summed E-state index contributed by atoms with van der Waals surface area (Å²) in [6.45, 7) is 4.57. The molecule has 3 rings (SSSR count). The number of nitrogens with zero attached hydrogens (tertiary/aromatic N) is 2. The van der Waals surface area contributed by atoms with Crippen molar-refractivity contribution < 1.29 is 24.2 Å². The Hall–Kier alpha value is -3.06. The summed E-state index contributed by atoms with van der Waals surface area (Å²) in [4.78, 5) is 28.3. The van der Waals surface area contributed by atoms with Crippen LogP contribution < -0.4 is 9.47 Å². The Labute approximate surface area is 170 Å². The molecule has 0 radical (unpaired) electrons. The lowest BCUT2D eigenvalue weighted by atomic mass is 10.0. The van der Waals surface area contributed by atoms with Crippen molar-refractivity contribution in [3.63, 3.8) is 0 Å². The fraction of sp³-hybridized carbons (Fsp3) is 0.364. The van der Waals surface area contributed by atoms with Gasteiger partial charge in [-0.2, -0.15) is 0 Å². The van der Waals surface area contributed by atoms with Crippen LogP contribution in [0.1, 0.15) is 39.2 Å². The van der Waals surface area contributed by atoms with Crippen LogP contribution in [0.2, 0.25) is 0 Å². The number of carbonyl (C=O) groups is 2. The van der Waals surface area contributed by atoms with E-state index in [1.54, 1.807) is 37.3 Å². The van der Waals surface area contributed by atoms with Gasteiger partial charge >= 0.3 is 5.97 Å². The minimum atomic E-state index is -1.09. The van der Waals surface area contributed by atoms with Crippen molar-refractivity contribution in [1.29, 1.82) is 0 Å². The SMILES string of the molecule is COc1ccc(C(C)N2CCN(C(=O)c3ccccc3C(=O)O)CC2)c(OC)c1. The standard InChI is InChI=1S/C22H26N2O5/c1-15(17-9-8-16(28-2)14-20(17)29-3)23-10-12-24(13-11-23)21(25)18-6-4-5-7-19(18)22(26)27/h4-9,14-15H,10-13H2,1-3H3,(H,26,27). The number of piperazine rings is 1. The second-order valence-corrected chi connectivity index (χ2v) is 6.96. The third-order valence-electron chi connectivity index (χ3n) is 5.43. The summed E-state index contributed by atoms with van der Waals surface area (Å²) in [7, 11) is 3.26. The maximum atomic E-state index is 12.9. The van der Waals surface area contributed by atoms with Crippen LogP contribution in [0.3, 0.4) is 0 Å². The van der Waals surface area contributed by atoms with Gasteiger partial charge in [0.1, 0.15) is 11.5 Å². The molecule has 1 aliphatic heterocycles. The van der Waals surface area contributed by atoms with Crippen molar-refractivity contribution >= 4 is 11.9 Å². The van der Waals surface area contributed by atoms with Gasteiger partial charge in [0.05, 0.1) is 25.3 Å². The molecular weight excluding hydrogens is 372 g/mol. The number of carboxylic acids is 1. The van der Waals surface area contributed by atoms with Gasteiger partial charge in [-0.25, -0.2) is 4.79 Å². The number of carboxylic acid groups (broad SMARTS) is 1. The number of carbonyl (C=O) groups excluding carboxylic acids is 1. The monoisotopic (exact) mass is 398 g/mol. The molecule has 0 aromatic heterocycles. The molecule has 1 amide bonds. The molecule has 154 valence electrons. The Morgan fingerprint density at radius 1 is 0.966 bits per heavy atom. The predicted octanol–water partition coefficient (Wildman–Crippen LogP) is 2.92. The van der Waals surface area contributed by atoms with Gasteiger partial charge in [-0.15, -0.1) is 0 Å². The van der Waals surface area contributed by atoms with Crippen molar-refractivity contribution in [3.05, 3.63) is 59.2 Å². The lowest BCUT2D eigenvalue weighted by Gasteiger charge is -2.38. The zero-order valence-corrected chi connectivity index (χ0v) is 16.9. The number of methoxy groups -OCH3 is 2. The molecule has 1 saturated heterocycles. The summed E-state index contributed by atoms with van der Waals surface area (Å²) in [5.74, 6) is 0.182. The number of aromatic carboxylic acids is 1. The van der Waals surface area contributed by atoms with E-state index in [-0.39, 0.29) is 23.1 Å². The average Bonchev–Trinajstić information content (AvgIpc) is 2.77. The Morgan fingerprint density at radius 3 is 2.21 bits per heavy atom. The molecule has 1 heterocycles. The van der Waals surface area contributed by atoms with E-state index < -0.39 is 5.97 Å². The van der Waals surface area contributed by atoms with E-state index in [1.807, 2.05) is 18.2 Å². The van der Waals surface area contributed by atoms with Gasteiger partial charge < -0.3 is 19.5 Å². The summed E-state index contributed by atoms with van der Waals surface area (Å²) in [5, 5.41) is 9.34. The van der Waals surface area contributed by atoms with Crippen LogP contribution in [0.25, 0.3) is 0 Å². The Bertz CT molecular complexity index is 891. The fourth-order valence-electron chi connectivity index (χ4n) is 3.70. The van der Waals surface area contributed by atoms with E-state index in [0.29, 0.717) is 26.2 Å². The van der Waals surface area contributed by atoms with E-state index in [4.69, 9.17) is 9.47 Å². The maximum Gasteiger partial charge on any atom is 0.336 e. The zero-order valence-electron chi connectivity index (χ0n) is 16.9. The van der Waals surface area contributed by atoms with E-state index in [0.717, 1.165) is 17.1 Å². The molecule has 1 unspecified atom stereocenters. The van der Waals surface area contributed by atoms with Crippen LogP contribution in [0.15, 0.2) is 42.5 Å². The molecule has 0 spiro atoms. The van der Waals surface area contributed by atoms with E-state index in [1.165, 1.54) is 6.07 Å². The Kier molecular flexibility index (Phi) is 6.39. The van der Waals surface area contributed by atoms with Gasteiger partial charge in [-0.1, -0.05) is 18.2 Å². The normalized spacial score (nSPS) is 15.6. The van der Waals surface area contributed by atoms with Gasteiger partial charge in [0, 0.05) is 43.9 Å². The van der Waals surface area contributed by atoms with Gasteiger partial charge in [0.15, 0.2) is 0 Å². The molecular formula is C22H26N2O5.